The number of halogens is 3. The van der Waals surface area contributed by atoms with Gasteiger partial charge in [0.05, 0.1) is 4.34 Å². The third kappa shape index (κ3) is 3.53. The van der Waals surface area contributed by atoms with Crippen molar-refractivity contribution >= 4 is 71.8 Å². The molecule has 9 heteroatoms. The van der Waals surface area contributed by atoms with Crippen LogP contribution in [0, 0.1) is 0 Å². The fraction of sp³-hybridized carbons (Fsp3) is 0.200. The molecule has 0 aromatic carbocycles. The van der Waals surface area contributed by atoms with Crippen molar-refractivity contribution < 1.29 is 8.42 Å². The van der Waals surface area contributed by atoms with Gasteiger partial charge in [-0.3, -0.25) is 0 Å². The van der Waals surface area contributed by atoms with Gasteiger partial charge < -0.3 is 0 Å². The molecular weight excluding hydrogens is 413 g/mol. The van der Waals surface area contributed by atoms with E-state index in [1.54, 1.807) is 0 Å². The number of rotatable bonds is 4. The Morgan fingerprint density at radius 3 is 2.53 bits per heavy atom. The monoisotopic (exact) mass is 419 g/mol. The highest BCUT2D eigenvalue weighted by molar-refractivity contribution is 9.10. The Morgan fingerprint density at radius 1 is 1.37 bits per heavy atom. The molecule has 0 spiro atoms. The quantitative estimate of drug-likeness (QED) is 0.718. The van der Waals surface area contributed by atoms with E-state index in [0.717, 1.165) is 20.7 Å². The van der Waals surface area contributed by atoms with E-state index in [2.05, 4.69) is 15.9 Å². The standard InChI is InChI=1S/C10H8BrCl2NO2S3/c1-14(4-7-2-6(11)5-17-7)19(15,16)8-3-9(12)18-10(8)13/h2-3,5H,4H2,1H3. The van der Waals surface area contributed by atoms with E-state index in [1.165, 1.54) is 28.8 Å². The lowest BCUT2D eigenvalue weighted by Crippen LogP contribution is -2.25. The molecule has 3 nitrogen and oxygen atoms in total. The first-order valence-corrected chi connectivity index (χ1v) is 9.63. The van der Waals surface area contributed by atoms with Gasteiger partial charge in [-0.25, -0.2) is 8.42 Å². The molecule has 0 aliphatic heterocycles. The lowest BCUT2D eigenvalue weighted by atomic mass is 10.5. The highest BCUT2D eigenvalue weighted by Crippen LogP contribution is 2.36. The van der Waals surface area contributed by atoms with Gasteiger partial charge in [-0.1, -0.05) is 23.2 Å². The summed E-state index contributed by atoms with van der Waals surface area (Å²) in [4.78, 5) is 0.998. The predicted molar refractivity (Wildman–Crippen MR) is 85.0 cm³/mol. The zero-order valence-corrected chi connectivity index (χ0v) is 15.1. The zero-order chi connectivity index (χ0) is 14.2. The molecule has 0 atom stereocenters. The van der Waals surface area contributed by atoms with Gasteiger partial charge in [0.25, 0.3) is 0 Å². The molecule has 0 radical (unpaired) electrons. The van der Waals surface area contributed by atoms with Crippen molar-refractivity contribution in [2.24, 2.45) is 0 Å². The molecule has 2 aromatic rings. The molecule has 2 aromatic heterocycles. The van der Waals surface area contributed by atoms with Crippen LogP contribution in [-0.2, 0) is 16.6 Å². The minimum atomic E-state index is -3.62. The van der Waals surface area contributed by atoms with Crippen molar-refractivity contribution in [3.05, 3.63) is 35.5 Å². The van der Waals surface area contributed by atoms with Crippen molar-refractivity contribution in [2.75, 3.05) is 7.05 Å². The van der Waals surface area contributed by atoms with Gasteiger partial charge in [-0.2, -0.15) is 4.31 Å². The van der Waals surface area contributed by atoms with E-state index in [9.17, 15) is 8.42 Å². The van der Waals surface area contributed by atoms with Crippen LogP contribution < -0.4 is 0 Å². The molecule has 0 N–H and O–H groups in total. The third-order valence-corrected chi connectivity index (χ3v) is 7.55. The average molecular weight is 421 g/mol. The Morgan fingerprint density at radius 2 is 2.05 bits per heavy atom. The topological polar surface area (TPSA) is 37.4 Å². The van der Waals surface area contributed by atoms with E-state index in [0.29, 0.717) is 10.9 Å². The summed E-state index contributed by atoms with van der Waals surface area (Å²) in [7, 11) is -2.10. The van der Waals surface area contributed by atoms with Crippen LogP contribution in [0.4, 0.5) is 0 Å². The van der Waals surface area contributed by atoms with E-state index in [4.69, 9.17) is 23.2 Å². The molecule has 0 aliphatic rings. The summed E-state index contributed by atoms with van der Waals surface area (Å²) in [6, 6.07) is 3.27. The van der Waals surface area contributed by atoms with Crippen LogP contribution in [0.25, 0.3) is 0 Å². The van der Waals surface area contributed by atoms with Crippen LogP contribution >= 0.6 is 61.8 Å². The summed E-state index contributed by atoms with van der Waals surface area (Å²) in [6.07, 6.45) is 0. The van der Waals surface area contributed by atoms with Gasteiger partial charge in [-0.05, 0) is 28.1 Å². The zero-order valence-electron chi connectivity index (χ0n) is 9.56. The Hall–Kier alpha value is 0.370. The van der Waals surface area contributed by atoms with Crippen molar-refractivity contribution in [1.29, 1.82) is 0 Å². The lowest BCUT2D eigenvalue weighted by molar-refractivity contribution is 0.470. The molecule has 2 heterocycles. The number of sulfonamides is 1. The van der Waals surface area contributed by atoms with E-state index in [1.807, 2.05) is 11.4 Å². The second kappa shape index (κ2) is 6.01. The largest absolute Gasteiger partial charge is 0.245 e. The van der Waals surface area contributed by atoms with Gasteiger partial charge in [0.2, 0.25) is 10.0 Å². The molecule has 0 saturated heterocycles. The summed E-state index contributed by atoms with van der Waals surface area (Å²) in [6.45, 7) is 0.294. The van der Waals surface area contributed by atoms with E-state index >= 15 is 0 Å². The summed E-state index contributed by atoms with van der Waals surface area (Å²) >= 11 is 17.6. The molecular formula is C10H8BrCl2NO2S3. The van der Waals surface area contributed by atoms with Crippen LogP contribution in [0.15, 0.2) is 26.9 Å². The van der Waals surface area contributed by atoms with Crippen LogP contribution in [0.3, 0.4) is 0 Å². The third-order valence-electron chi connectivity index (χ3n) is 2.31. The molecule has 0 unspecified atom stereocenters. The first-order valence-electron chi connectivity index (χ1n) is 4.95. The minimum Gasteiger partial charge on any atom is -0.207 e. The smallest absolute Gasteiger partial charge is 0.207 e. The Labute approximate surface area is 137 Å². The van der Waals surface area contributed by atoms with Gasteiger partial charge in [0, 0.05) is 28.3 Å². The summed E-state index contributed by atoms with van der Waals surface area (Å²) < 4.78 is 27.5. The number of thiophene rings is 2. The molecule has 0 saturated carbocycles. The second-order valence-corrected chi connectivity index (χ2v) is 9.89. The molecule has 104 valence electrons. The fourth-order valence-corrected chi connectivity index (χ4v) is 6.25. The summed E-state index contributed by atoms with van der Waals surface area (Å²) in [5.41, 5.74) is 0. The molecule has 0 amide bonds. The summed E-state index contributed by atoms with van der Waals surface area (Å²) in [5.74, 6) is 0. The molecule has 0 fully saturated rings. The second-order valence-electron chi connectivity index (χ2n) is 3.68. The van der Waals surface area contributed by atoms with Crippen LogP contribution in [0.1, 0.15) is 4.88 Å². The van der Waals surface area contributed by atoms with Gasteiger partial charge in [0.15, 0.2) is 0 Å². The molecule has 0 aliphatic carbocycles. The number of hydrogen-bond acceptors (Lipinski definition) is 4. The van der Waals surface area contributed by atoms with Crippen molar-refractivity contribution in [3.8, 4) is 0 Å². The average Bonchev–Trinajstić information content (AvgIpc) is 2.85. The first-order chi connectivity index (χ1) is 8.80. The molecule has 19 heavy (non-hydrogen) atoms. The minimum absolute atomic E-state index is 0.0577. The number of nitrogens with zero attached hydrogens (tertiary/aromatic N) is 1. The maximum atomic E-state index is 12.4. The van der Waals surface area contributed by atoms with Gasteiger partial charge in [-0.15, -0.1) is 22.7 Å². The van der Waals surface area contributed by atoms with Gasteiger partial charge in [0.1, 0.15) is 9.23 Å². The van der Waals surface area contributed by atoms with Crippen molar-refractivity contribution in [3.63, 3.8) is 0 Å². The lowest BCUT2D eigenvalue weighted by Gasteiger charge is -2.15. The molecule has 2 rings (SSSR count). The predicted octanol–water partition coefficient (Wildman–Crippen LogP) is 4.70. The SMILES string of the molecule is CN(Cc1cc(Br)cs1)S(=O)(=O)c1cc(Cl)sc1Cl. The van der Waals surface area contributed by atoms with Crippen molar-refractivity contribution in [1.82, 2.24) is 4.31 Å². The van der Waals surface area contributed by atoms with Gasteiger partial charge >= 0.3 is 0 Å². The maximum Gasteiger partial charge on any atom is 0.245 e. The molecule has 0 bridgehead atoms. The highest BCUT2D eigenvalue weighted by atomic mass is 79.9. The normalized spacial score (nSPS) is 12.3. The van der Waals surface area contributed by atoms with E-state index in [-0.39, 0.29) is 9.23 Å². The number of hydrogen-bond donors (Lipinski definition) is 0. The Balaban J connectivity index is 2.27. The highest BCUT2D eigenvalue weighted by Gasteiger charge is 2.26. The Kier molecular flexibility index (Phi) is 4.98. The maximum absolute atomic E-state index is 12.4. The van der Waals surface area contributed by atoms with E-state index < -0.39 is 10.0 Å². The fourth-order valence-electron chi connectivity index (χ4n) is 1.41. The Bertz CT molecular complexity index is 695. The van der Waals surface area contributed by atoms with Crippen molar-refractivity contribution in [2.45, 2.75) is 11.4 Å². The van der Waals surface area contributed by atoms with Crippen LogP contribution in [-0.4, -0.2) is 19.8 Å². The summed E-state index contributed by atoms with van der Waals surface area (Å²) in [5, 5.41) is 1.91. The van der Waals surface area contributed by atoms with Crippen LogP contribution in [0.2, 0.25) is 8.67 Å². The first kappa shape index (κ1) is 15.8. The van der Waals surface area contributed by atoms with Crippen LogP contribution in [0.5, 0.6) is 0 Å².